The first-order valence-electron chi connectivity index (χ1n) is 26.8. The van der Waals surface area contributed by atoms with Crippen molar-refractivity contribution in [2.45, 2.75) is 138 Å². The zero-order valence-corrected chi connectivity index (χ0v) is 43.5. The number of nitrogens with one attached hydrogen (secondary N) is 5. The predicted molar refractivity (Wildman–Crippen MR) is 280 cm³/mol. The van der Waals surface area contributed by atoms with Gasteiger partial charge < -0.3 is 41.5 Å². The minimum atomic E-state index is 0.0588. The first-order valence-corrected chi connectivity index (χ1v) is 31.4. The smallest absolute Gasteiger partial charge is 0.441 e. The van der Waals surface area contributed by atoms with Crippen molar-refractivity contribution in [1.82, 2.24) is 36.0 Å². The molecule has 8 heterocycles. The molecule has 8 aliphatic heterocycles. The van der Waals surface area contributed by atoms with Crippen LogP contribution in [0.1, 0.15) is 89.9 Å². The van der Waals surface area contributed by atoms with Crippen molar-refractivity contribution in [3.05, 3.63) is 0 Å². The van der Waals surface area contributed by atoms with Crippen molar-refractivity contribution >= 4 is 76.8 Å². The minimum absolute atomic E-state index is 0.0588. The van der Waals surface area contributed by atoms with Gasteiger partial charge in [0.25, 0.3) is 0 Å². The van der Waals surface area contributed by atoms with Gasteiger partial charge in [0.15, 0.2) is 30.5 Å². The van der Waals surface area contributed by atoms with E-state index in [2.05, 4.69) is 91.9 Å². The van der Waals surface area contributed by atoms with Gasteiger partial charge in [0.1, 0.15) is 11.9 Å². The Morgan fingerprint density at radius 3 is 1.58 bits per heavy atom. The van der Waals surface area contributed by atoms with Gasteiger partial charge >= 0.3 is 11.9 Å². The summed E-state index contributed by atoms with van der Waals surface area (Å²) in [5, 5.41) is 29.3. The lowest BCUT2D eigenvalue weighted by Gasteiger charge is -2.54. The number of fused-ring (bicyclic) bond motifs is 3. The van der Waals surface area contributed by atoms with E-state index in [-0.39, 0.29) is 5.41 Å². The van der Waals surface area contributed by atoms with E-state index in [1.807, 2.05) is 11.8 Å². The van der Waals surface area contributed by atoms with E-state index in [4.69, 9.17) is 15.0 Å². The predicted octanol–water partition coefficient (Wildman–Crippen LogP) is -0.185. The van der Waals surface area contributed by atoms with Crippen LogP contribution in [-0.4, -0.2) is 208 Å². The van der Waals surface area contributed by atoms with Crippen LogP contribution in [0.4, 0.5) is 0 Å². The van der Waals surface area contributed by atoms with Crippen molar-refractivity contribution in [3.8, 4) is 0 Å². The fourth-order valence-electron chi connectivity index (χ4n) is 13.8. The minimum Gasteiger partial charge on any atom is -0.463 e. The molecule has 0 radical (unpaired) electrons. The van der Waals surface area contributed by atoms with Gasteiger partial charge in [-0.2, -0.15) is 35.3 Å². The number of thioether (sulfide) groups is 4. The fourth-order valence-corrected chi connectivity index (χ4v) is 18.1. The highest BCUT2D eigenvalue weighted by Gasteiger charge is 2.56. The average molecular weight is 1000 g/mol. The molecule has 12 aliphatic rings. The van der Waals surface area contributed by atoms with Gasteiger partial charge in [0, 0.05) is 111 Å². The molecule has 12 rings (SSSR count). The van der Waals surface area contributed by atoms with Gasteiger partial charge in [0.2, 0.25) is 0 Å². The number of nitrogens with zero attached hydrogens (tertiary/aromatic N) is 7. The maximum atomic E-state index is 11.4. The largest absolute Gasteiger partial charge is 0.463 e. The second-order valence-corrected chi connectivity index (χ2v) is 26.7. The van der Waals surface area contributed by atoms with Crippen LogP contribution in [0.15, 0.2) is 15.0 Å². The third-order valence-corrected chi connectivity index (χ3v) is 22.0. The van der Waals surface area contributed by atoms with E-state index >= 15 is 0 Å². The molecule has 372 valence electrons. The maximum absolute atomic E-state index is 11.4. The normalized spacial score (nSPS) is 38.0. The van der Waals surface area contributed by atoms with Crippen LogP contribution in [0.3, 0.4) is 0 Å². The Kier molecular flexibility index (Phi) is 15.4. The number of nitrogens with two attached hydrogens (primary N) is 1. The van der Waals surface area contributed by atoms with Gasteiger partial charge in [-0.05, 0) is 94.8 Å². The molecule has 0 aromatic heterocycles. The zero-order chi connectivity index (χ0) is 45.2. The topological polar surface area (TPSA) is 176 Å². The molecule has 3 saturated heterocycles. The lowest BCUT2D eigenvalue weighted by atomic mass is 9.49. The molecule has 15 nitrogen and oxygen atoms in total. The number of rotatable bonds is 18. The Balaban J connectivity index is 0.578. The van der Waals surface area contributed by atoms with Crippen LogP contribution < -0.4 is 37.3 Å². The summed E-state index contributed by atoms with van der Waals surface area (Å²) in [7, 11) is 0. The summed E-state index contributed by atoms with van der Waals surface area (Å²) < 4.78 is 2.56. The molecule has 0 amide bonds. The summed E-state index contributed by atoms with van der Waals surface area (Å²) in [5.74, 6) is 16.8. The lowest BCUT2D eigenvalue weighted by molar-refractivity contribution is -0.691. The first-order chi connectivity index (χ1) is 32.9. The second-order valence-electron chi connectivity index (χ2n) is 22.4. The quantitative estimate of drug-likeness (QED) is 0.0395. The number of aliphatic hydroxyl groups is 1. The van der Waals surface area contributed by atoms with Crippen LogP contribution in [0.5, 0.6) is 0 Å². The van der Waals surface area contributed by atoms with E-state index in [1.54, 1.807) is 0 Å². The molecule has 0 aromatic carbocycles. The van der Waals surface area contributed by atoms with Crippen LogP contribution in [0, 0.1) is 23.2 Å². The Labute approximate surface area is 417 Å². The molecule has 67 heavy (non-hydrogen) atoms. The summed E-state index contributed by atoms with van der Waals surface area (Å²) in [6.45, 7) is 9.86. The Bertz CT molecular complexity index is 1850. The summed E-state index contributed by atoms with van der Waals surface area (Å²) >= 11 is 8.20. The highest BCUT2D eigenvalue weighted by atomic mass is 32.2. The molecule has 0 aromatic rings. The highest BCUT2D eigenvalue weighted by molar-refractivity contribution is 7.99. The molecule has 4 bridgehead atoms. The molecule has 4 saturated carbocycles. The molecule has 19 heteroatoms. The average Bonchev–Trinajstić information content (AvgIpc) is 3.34. The third-order valence-electron chi connectivity index (χ3n) is 17.3. The van der Waals surface area contributed by atoms with E-state index in [1.165, 1.54) is 82.3 Å². The maximum Gasteiger partial charge on any atom is 0.441 e. The number of aliphatic imine (C=N–C) groups is 3. The van der Waals surface area contributed by atoms with Gasteiger partial charge in [-0.15, -0.1) is 11.8 Å². The van der Waals surface area contributed by atoms with E-state index in [0.717, 1.165) is 154 Å². The lowest BCUT2D eigenvalue weighted by Crippen LogP contribution is -3.01. The molecule has 7 fully saturated rings. The van der Waals surface area contributed by atoms with Crippen molar-refractivity contribution in [1.29, 1.82) is 0 Å². The van der Waals surface area contributed by atoms with Crippen LogP contribution in [0.25, 0.3) is 0 Å². The van der Waals surface area contributed by atoms with Gasteiger partial charge in [-0.3, -0.25) is 0 Å². The van der Waals surface area contributed by atoms with E-state index in [9.17, 15) is 5.11 Å². The van der Waals surface area contributed by atoms with Crippen molar-refractivity contribution in [2.24, 2.45) is 38.1 Å². The summed E-state index contributed by atoms with van der Waals surface area (Å²) in [6.07, 6.45) is 17.3. The fraction of sp³-hybridized carbons (Fsp3) is 0.896. The van der Waals surface area contributed by atoms with Gasteiger partial charge in [-0.1, -0.05) is 0 Å². The van der Waals surface area contributed by atoms with E-state index in [0.29, 0.717) is 54.2 Å². The summed E-state index contributed by atoms with van der Waals surface area (Å²) in [5.41, 5.74) is 4.06. The third kappa shape index (κ3) is 11.6. The molecule has 0 spiro atoms. The highest BCUT2D eigenvalue weighted by Crippen LogP contribution is 2.59. The van der Waals surface area contributed by atoms with Crippen molar-refractivity contribution in [2.75, 3.05) is 105 Å². The Morgan fingerprint density at radius 1 is 0.597 bits per heavy atom. The van der Waals surface area contributed by atoms with Crippen LogP contribution in [0.2, 0.25) is 0 Å². The molecule has 11 N–H and O–H groups in total. The van der Waals surface area contributed by atoms with Crippen molar-refractivity contribution in [3.63, 3.8) is 0 Å². The van der Waals surface area contributed by atoms with Crippen LogP contribution >= 0.6 is 47.0 Å². The zero-order valence-electron chi connectivity index (χ0n) is 40.3. The number of hydrogen-bond acceptors (Lipinski definition) is 14. The molecule has 8 atom stereocenters. The Hall–Kier alpha value is -1.93. The summed E-state index contributed by atoms with van der Waals surface area (Å²) in [6, 6.07) is 3.69. The number of aliphatic hydroxyl groups excluding tert-OH is 1. The molecular formula is C48H84N14OS4+4. The number of hydrogen-bond donors (Lipinski definition) is 8. The molecule has 8 unspecified atom stereocenters. The van der Waals surface area contributed by atoms with Crippen molar-refractivity contribution < 1.29 is 25.7 Å². The van der Waals surface area contributed by atoms with Gasteiger partial charge in [-0.25, -0.2) is 35.2 Å². The van der Waals surface area contributed by atoms with Gasteiger partial charge in [0.05, 0.1) is 36.6 Å². The van der Waals surface area contributed by atoms with Crippen LogP contribution in [-0.2, 0) is 0 Å². The first kappa shape index (κ1) is 47.4. The number of guanidine groups is 4. The second kappa shape index (κ2) is 21.8. The summed E-state index contributed by atoms with van der Waals surface area (Å²) in [4.78, 5) is 26.8. The molecular weight excluding hydrogens is 917 g/mol. The van der Waals surface area contributed by atoms with E-state index < -0.39 is 0 Å². The Morgan fingerprint density at radius 2 is 1.06 bits per heavy atom. The monoisotopic (exact) mass is 1000 g/mol. The standard InChI is InChI=1S/C48H80N14OS4/c49-31-67-30-42-8-16-62-15-7-41(57-47(62)58-42)29-66-28-40-6-14-61-13-5-39(55-46(61)56-40)27-65-26-38-4-12-60-11-3-37(53-45(60)54-38)25-64-24-36-2-10-59-9-1-35(51-44(59)52-36)23-50-43(63)48-20-32-17-33(21-48)19-34(18-32)22-48/h32-42H,1-31,49H2,(H5,50,51,52,53,54,55,56,57,58,63)/p+4. The SMILES string of the molecule is [NH3+]CSCC1CCN2CCC(CSCC3CCN4CCC(CSCC5CCN6CCC(CSCC7CC[N+]8=C(NC(C[NH+]=C(O)C9%10CC%11CC(CC(C%11)C9)C%10)CC8)[NH2+]7)NC6=N5)N=C4N3)N=C2N1. The molecule has 4 aliphatic carbocycles. The number of quaternary nitrogens is 2.